The minimum absolute atomic E-state index is 0.0269. The minimum Gasteiger partial charge on any atom is -0.423 e. The third-order valence-corrected chi connectivity index (χ3v) is 3.12. The topological polar surface area (TPSA) is 69.6 Å². The van der Waals surface area contributed by atoms with Gasteiger partial charge in [-0.25, -0.2) is 4.39 Å². The lowest BCUT2D eigenvalue weighted by molar-refractivity contribution is 0.102. The molecule has 0 aliphatic heterocycles. The van der Waals surface area contributed by atoms with Crippen LogP contribution in [0, 0.1) is 19.7 Å². The zero-order valence-corrected chi connectivity index (χ0v) is 11.7. The van der Waals surface area contributed by atoms with Crippen molar-refractivity contribution in [1.82, 2.24) is 0 Å². The number of anilines is 1. The second kappa shape index (κ2) is 6.07. The van der Waals surface area contributed by atoms with Crippen molar-refractivity contribution in [1.29, 1.82) is 0 Å². The average molecular weight is 287 g/mol. The summed E-state index contributed by atoms with van der Waals surface area (Å²) in [6.07, 6.45) is 0. The van der Waals surface area contributed by atoms with Crippen LogP contribution in [0.4, 0.5) is 10.1 Å². The second-order valence-electron chi connectivity index (χ2n) is 4.92. The fraction of sp³-hybridized carbons (Fsp3) is 0.133. The van der Waals surface area contributed by atoms with Gasteiger partial charge in [0.2, 0.25) is 0 Å². The molecule has 0 aliphatic rings. The number of amides is 1. The molecule has 2 aromatic carbocycles. The van der Waals surface area contributed by atoms with E-state index < -0.39 is 18.8 Å². The van der Waals surface area contributed by atoms with Gasteiger partial charge in [0, 0.05) is 11.3 Å². The van der Waals surface area contributed by atoms with Gasteiger partial charge in [-0.05, 0) is 54.7 Å². The van der Waals surface area contributed by atoms with E-state index in [0.717, 1.165) is 23.3 Å². The Morgan fingerprint density at radius 1 is 1.14 bits per heavy atom. The van der Waals surface area contributed by atoms with Crippen molar-refractivity contribution in [3.8, 4) is 0 Å². The zero-order valence-electron chi connectivity index (χ0n) is 11.7. The van der Waals surface area contributed by atoms with Crippen LogP contribution >= 0.6 is 0 Å². The number of aryl methyl sites for hydroxylation is 2. The summed E-state index contributed by atoms with van der Waals surface area (Å²) in [7, 11) is -1.83. The van der Waals surface area contributed by atoms with Crippen LogP contribution in [0.25, 0.3) is 0 Å². The van der Waals surface area contributed by atoms with E-state index in [1.807, 2.05) is 32.0 Å². The molecule has 0 spiro atoms. The minimum atomic E-state index is -1.83. The Balaban J connectivity index is 2.30. The third kappa shape index (κ3) is 3.68. The second-order valence-corrected chi connectivity index (χ2v) is 4.92. The molecule has 0 radical (unpaired) electrons. The lowest BCUT2D eigenvalue weighted by atomic mass is 9.79. The van der Waals surface area contributed by atoms with Crippen LogP contribution < -0.4 is 10.8 Å². The maximum Gasteiger partial charge on any atom is 0.488 e. The maximum absolute atomic E-state index is 13.4. The molecule has 6 heteroatoms. The quantitative estimate of drug-likeness (QED) is 0.747. The van der Waals surface area contributed by atoms with E-state index in [1.165, 1.54) is 6.07 Å². The van der Waals surface area contributed by atoms with Gasteiger partial charge in [-0.1, -0.05) is 12.1 Å². The van der Waals surface area contributed by atoms with Crippen LogP contribution in [-0.2, 0) is 0 Å². The highest BCUT2D eigenvalue weighted by molar-refractivity contribution is 6.58. The van der Waals surface area contributed by atoms with Crippen LogP contribution in [0.2, 0.25) is 0 Å². The molecule has 0 bridgehead atoms. The normalized spacial score (nSPS) is 10.3. The first-order valence-corrected chi connectivity index (χ1v) is 6.42. The number of carbonyl (C=O) groups excluding carboxylic acids is 1. The molecule has 0 fully saturated rings. The Morgan fingerprint density at radius 2 is 1.86 bits per heavy atom. The number of rotatable bonds is 3. The van der Waals surface area contributed by atoms with E-state index in [-0.39, 0.29) is 11.0 Å². The van der Waals surface area contributed by atoms with Crippen LogP contribution in [0.15, 0.2) is 36.4 Å². The molecule has 3 N–H and O–H groups in total. The Hall–Kier alpha value is -2.18. The molecular formula is C15H15BFNO3. The van der Waals surface area contributed by atoms with E-state index in [2.05, 4.69) is 5.32 Å². The van der Waals surface area contributed by atoms with Crippen molar-refractivity contribution >= 4 is 24.2 Å². The number of hydrogen-bond acceptors (Lipinski definition) is 3. The van der Waals surface area contributed by atoms with Crippen molar-refractivity contribution in [2.24, 2.45) is 0 Å². The standard InChI is InChI=1S/C15H15BFNO3/c1-9-3-4-10(2)14(5-9)18-15(19)11-6-12(16(20)21)8-13(17)7-11/h3-8,20-21H,1-2H3,(H,18,19). The average Bonchev–Trinajstić information content (AvgIpc) is 2.42. The van der Waals surface area contributed by atoms with Gasteiger partial charge in [0.05, 0.1) is 0 Å². The first-order valence-electron chi connectivity index (χ1n) is 6.42. The molecule has 0 atom stereocenters. The van der Waals surface area contributed by atoms with Crippen LogP contribution in [0.1, 0.15) is 21.5 Å². The number of hydrogen-bond donors (Lipinski definition) is 3. The van der Waals surface area contributed by atoms with Crippen molar-refractivity contribution < 1.29 is 19.2 Å². The summed E-state index contributed by atoms with van der Waals surface area (Å²) >= 11 is 0. The molecule has 21 heavy (non-hydrogen) atoms. The summed E-state index contributed by atoms with van der Waals surface area (Å²) in [5.41, 5.74) is 2.46. The van der Waals surface area contributed by atoms with Crippen LogP contribution in [-0.4, -0.2) is 23.1 Å². The number of halogens is 1. The summed E-state index contributed by atoms with van der Waals surface area (Å²) in [6, 6.07) is 8.88. The van der Waals surface area contributed by atoms with Gasteiger partial charge in [-0.15, -0.1) is 0 Å². The molecule has 2 aromatic rings. The van der Waals surface area contributed by atoms with Gasteiger partial charge < -0.3 is 15.4 Å². The Morgan fingerprint density at radius 3 is 2.52 bits per heavy atom. The van der Waals surface area contributed by atoms with Gasteiger partial charge in [-0.2, -0.15) is 0 Å². The molecule has 108 valence electrons. The monoisotopic (exact) mass is 287 g/mol. The molecule has 0 saturated heterocycles. The summed E-state index contributed by atoms with van der Waals surface area (Å²) in [4.78, 5) is 12.2. The van der Waals surface area contributed by atoms with Crippen molar-refractivity contribution in [2.75, 3.05) is 5.32 Å². The van der Waals surface area contributed by atoms with E-state index in [1.54, 1.807) is 0 Å². The summed E-state index contributed by atoms with van der Waals surface area (Å²) in [5, 5.41) is 20.9. The van der Waals surface area contributed by atoms with Gasteiger partial charge in [-0.3, -0.25) is 4.79 Å². The first kappa shape index (κ1) is 15.2. The molecule has 0 aromatic heterocycles. The number of nitrogens with one attached hydrogen (secondary N) is 1. The molecule has 0 saturated carbocycles. The highest BCUT2D eigenvalue weighted by Crippen LogP contribution is 2.17. The third-order valence-electron chi connectivity index (χ3n) is 3.12. The zero-order chi connectivity index (χ0) is 15.6. The molecule has 0 aliphatic carbocycles. The SMILES string of the molecule is Cc1ccc(C)c(NC(=O)c2cc(F)cc(B(O)O)c2)c1. The van der Waals surface area contributed by atoms with Crippen molar-refractivity contribution in [3.63, 3.8) is 0 Å². The highest BCUT2D eigenvalue weighted by Gasteiger charge is 2.16. The maximum atomic E-state index is 13.4. The number of carbonyl (C=O) groups is 1. The molecule has 1 amide bonds. The Kier molecular flexibility index (Phi) is 4.40. The Labute approximate surface area is 122 Å². The van der Waals surface area contributed by atoms with Crippen LogP contribution in [0.5, 0.6) is 0 Å². The van der Waals surface area contributed by atoms with Crippen molar-refractivity contribution in [2.45, 2.75) is 13.8 Å². The molecule has 0 heterocycles. The predicted octanol–water partition coefficient (Wildman–Crippen LogP) is 1.37. The van der Waals surface area contributed by atoms with E-state index in [9.17, 15) is 9.18 Å². The summed E-state index contributed by atoms with van der Waals surface area (Å²) in [5.74, 6) is -1.21. The number of benzene rings is 2. The summed E-state index contributed by atoms with van der Waals surface area (Å²) < 4.78 is 13.4. The van der Waals surface area contributed by atoms with Gasteiger partial charge in [0.1, 0.15) is 5.82 Å². The highest BCUT2D eigenvalue weighted by atomic mass is 19.1. The van der Waals surface area contributed by atoms with E-state index >= 15 is 0 Å². The lowest BCUT2D eigenvalue weighted by Gasteiger charge is -2.10. The van der Waals surface area contributed by atoms with E-state index in [4.69, 9.17) is 10.0 Å². The van der Waals surface area contributed by atoms with Gasteiger partial charge in [0.15, 0.2) is 0 Å². The van der Waals surface area contributed by atoms with Crippen LogP contribution in [0.3, 0.4) is 0 Å². The Bertz CT molecular complexity index is 689. The smallest absolute Gasteiger partial charge is 0.423 e. The predicted molar refractivity (Wildman–Crippen MR) is 80.1 cm³/mol. The first-order chi connectivity index (χ1) is 9.86. The molecule has 2 rings (SSSR count). The summed E-state index contributed by atoms with van der Waals surface area (Å²) in [6.45, 7) is 3.75. The molecule has 0 unspecified atom stereocenters. The van der Waals surface area contributed by atoms with Gasteiger partial charge in [0.25, 0.3) is 5.91 Å². The fourth-order valence-electron chi connectivity index (χ4n) is 1.96. The van der Waals surface area contributed by atoms with Gasteiger partial charge >= 0.3 is 7.12 Å². The van der Waals surface area contributed by atoms with E-state index in [0.29, 0.717) is 5.69 Å². The molecular weight excluding hydrogens is 272 g/mol. The fourth-order valence-corrected chi connectivity index (χ4v) is 1.96. The largest absolute Gasteiger partial charge is 0.488 e. The lowest BCUT2D eigenvalue weighted by Crippen LogP contribution is -2.31. The van der Waals surface area contributed by atoms with Crippen molar-refractivity contribution in [3.05, 3.63) is 58.9 Å². The molecule has 4 nitrogen and oxygen atoms in total.